The van der Waals surface area contributed by atoms with Gasteiger partial charge in [0.05, 0.1) is 0 Å². The molecule has 1 aliphatic rings. The molecule has 8 N–H and O–H groups in total. The molecule has 6 heteroatoms. The molecule has 0 atom stereocenters. The largest absolute Gasteiger partial charge is 0.398 e. The molecule has 0 unspecified atom stereocenters. The van der Waals surface area contributed by atoms with Gasteiger partial charge in [-0.2, -0.15) is 0 Å². The van der Waals surface area contributed by atoms with Crippen molar-refractivity contribution in [1.82, 2.24) is 0 Å². The smallest absolute Gasteiger partial charge is 0.120 e. The summed E-state index contributed by atoms with van der Waals surface area (Å²) in [6.45, 7) is 3.80. The van der Waals surface area contributed by atoms with Gasteiger partial charge in [0.15, 0.2) is 0 Å². The summed E-state index contributed by atoms with van der Waals surface area (Å²) < 4.78 is 0. The average Bonchev–Trinajstić information content (AvgIpc) is 2.79. The lowest BCUT2D eigenvalue weighted by molar-refractivity contribution is -0.108. The molecule has 6 nitrogen and oxygen atoms in total. The number of nitrogens with one attached hydrogen (secondary N) is 1. The van der Waals surface area contributed by atoms with Crippen LogP contribution in [-0.4, -0.2) is 31.6 Å². The first-order valence-electron chi connectivity index (χ1n) is 11.1. The molecule has 170 valence electrons. The van der Waals surface area contributed by atoms with Crippen molar-refractivity contribution in [2.45, 2.75) is 84.1 Å². The average molecular weight is 411 g/mol. The molecule has 0 heterocycles. The molecule has 1 aromatic rings. The van der Waals surface area contributed by atoms with Crippen LogP contribution in [0.3, 0.4) is 0 Å². The van der Waals surface area contributed by atoms with E-state index in [2.05, 4.69) is 18.0 Å². The molecule has 1 aliphatic carbocycles. The minimum Gasteiger partial charge on any atom is -0.398 e. The molecule has 0 amide bonds. The molecule has 0 bridgehead atoms. The van der Waals surface area contributed by atoms with Gasteiger partial charge in [-0.05, 0) is 32.0 Å². The summed E-state index contributed by atoms with van der Waals surface area (Å²) in [7, 11) is 1.50. The number of carbonyl (C=O) groups is 1. The minimum atomic E-state index is 0.124. The predicted molar refractivity (Wildman–Crippen MR) is 127 cm³/mol. The topological polar surface area (TPSA) is 127 Å². The molecular formula is C23H46N4O2. The van der Waals surface area contributed by atoms with Crippen LogP contribution in [0.4, 0.5) is 11.4 Å². The summed E-state index contributed by atoms with van der Waals surface area (Å²) in [6, 6.07) is 5.88. The fourth-order valence-electron chi connectivity index (χ4n) is 2.83. The van der Waals surface area contributed by atoms with Crippen LogP contribution in [-0.2, 0) is 11.3 Å². The number of aldehydes is 1. The highest BCUT2D eigenvalue weighted by molar-refractivity contribution is 5.63. The number of nitrogen functional groups attached to an aromatic ring is 1. The van der Waals surface area contributed by atoms with Gasteiger partial charge in [-0.1, -0.05) is 64.4 Å². The fourth-order valence-corrected chi connectivity index (χ4v) is 2.83. The molecule has 1 saturated carbocycles. The molecule has 0 spiro atoms. The van der Waals surface area contributed by atoms with Gasteiger partial charge in [0.25, 0.3) is 0 Å². The Balaban J connectivity index is 0. The van der Waals surface area contributed by atoms with Gasteiger partial charge in [0, 0.05) is 43.1 Å². The summed E-state index contributed by atoms with van der Waals surface area (Å²) in [4.78, 5) is 9.45. The van der Waals surface area contributed by atoms with Gasteiger partial charge in [-0.15, -0.1) is 0 Å². The molecule has 29 heavy (non-hydrogen) atoms. The van der Waals surface area contributed by atoms with E-state index in [0.717, 1.165) is 29.8 Å². The van der Waals surface area contributed by atoms with Gasteiger partial charge >= 0.3 is 0 Å². The Morgan fingerprint density at radius 1 is 1.03 bits per heavy atom. The van der Waals surface area contributed by atoms with Gasteiger partial charge in [0.1, 0.15) is 6.29 Å². The van der Waals surface area contributed by atoms with Crippen molar-refractivity contribution >= 4 is 17.7 Å². The van der Waals surface area contributed by atoms with Crippen LogP contribution in [0.5, 0.6) is 0 Å². The van der Waals surface area contributed by atoms with Crippen LogP contribution in [0.15, 0.2) is 18.2 Å². The Labute approximate surface area is 178 Å². The van der Waals surface area contributed by atoms with E-state index < -0.39 is 0 Å². The van der Waals surface area contributed by atoms with Crippen molar-refractivity contribution in [3.05, 3.63) is 23.8 Å². The first kappa shape index (κ1) is 29.6. The highest BCUT2D eigenvalue weighted by Gasteiger charge is 2.03. The van der Waals surface area contributed by atoms with Gasteiger partial charge in [0.2, 0.25) is 0 Å². The second kappa shape index (κ2) is 24.4. The number of anilines is 2. The second-order valence-corrected chi connectivity index (χ2v) is 6.87. The number of aliphatic hydroxyl groups is 1. The Bertz CT molecular complexity index is 455. The quantitative estimate of drug-likeness (QED) is 0.236. The third-order valence-electron chi connectivity index (χ3n) is 4.49. The van der Waals surface area contributed by atoms with E-state index in [4.69, 9.17) is 16.6 Å². The maximum Gasteiger partial charge on any atom is 0.120 e. The first-order valence-corrected chi connectivity index (χ1v) is 11.1. The number of unbranched alkanes of at least 4 members (excludes halogenated alkanes) is 3. The van der Waals surface area contributed by atoms with Gasteiger partial charge < -0.3 is 32.4 Å². The Hall–Kier alpha value is -1.63. The fraction of sp³-hybridized carbons (Fsp3) is 0.696. The highest BCUT2D eigenvalue weighted by atomic mass is 16.3. The molecule has 0 radical (unpaired) electrons. The van der Waals surface area contributed by atoms with E-state index in [1.54, 1.807) is 0 Å². The normalized spacial score (nSPS) is 12.2. The van der Waals surface area contributed by atoms with Crippen LogP contribution in [0.25, 0.3) is 0 Å². The third kappa shape index (κ3) is 18.2. The summed E-state index contributed by atoms with van der Waals surface area (Å²) >= 11 is 0. The minimum absolute atomic E-state index is 0.124. The number of nitrogens with two attached hydrogens (primary N) is 3. The molecule has 0 saturated heterocycles. The Kier molecular flexibility index (Phi) is 24.9. The zero-order valence-electron chi connectivity index (χ0n) is 18.8. The molecular weight excluding hydrogens is 364 g/mol. The van der Waals surface area contributed by atoms with E-state index in [9.17, 15) is 4.79 Å². The summed E-state index contributed by atoms with van der Waals surface area (Å²) in [5, 5.41) is 11.4. The monoisotopic (exact) mass is 410 g/mol. The zero-order valence-corrected chi connectivity index (χ0v) is 18.8. The number of hydrogen-bond donors (Lipinski definition) is 5. The molecule has 2 rings (SSSR count). The molecule has 1 aromatic carbocycles. The standard InChI is InChI=1S/C12H21N3.C6H12.C4H8O2.CH5N/c1-2-3-4-8-15-12-7-5-6-11(14)10(12)9-13;1-2-4-6-5-3-1;5-3-1-2-4-6;1-2/h5-7,15H,2-4,8-9,13-14H2,1H3;1-6H2;3,6H,1-2,4H2;2H2,1H3. The van der Waals surface area contributed by atoms with E-state index in [-0.39, 0.29) is 6.61 Å². The first-order chi connectivity index (χ1) is 14.2. The number of hydrogen-bond acceptors (Lipinski definition) is 6. The predicted octanol–water partition coefficient (Wildman–Crippen LogP) is 4.20. The Morgan fingerprint density at radius 2 is 1.62 bits per heavy atom. The number of carbonyl (C=O) groups excluding carboxylic acids is 1. The van der Waals surface area contributed by atoms with E-state index in [0.29, 0.717) is 19.4 Å². The zero-order chi connectivity index (χ0) is 22.2. The molecule has 0 aliphatic heterocycles. The lowest BCUT2D eigenvalue weighted by Crippen LogP contribution is -2.09. The lowest BCUT2D eigenvalue weighted by atomic mass is 10.0. The number of benzene rings is 1. The molecule has 0 aromatic heterocycles. The van der Waals surface area contributed by atoms with Crippen molar-refractivity contribution in [3.63, 3.8) is 0 Å². The van der Waals surface area contributed by atoms with Crippen molar-refractivity contribution < 1.29 is 9.90 Å². The van der Waals surface area contributed by atoms with Gasteiger partial charge in [-0.25, -0.2) is 0 Å². The highest BCUT2D eigenvalue weighted by Crippen LogP contribution is 2.21. The third-order valence-corrected chi connectivity index (χ3v) is 4.49. The second-order valence-electron chi connectivity index (χ2n) is 6.87. The lowest BCUT2D eigenvalue weighted by Gasteiger charge is -2.12. The van der Waals surface area contributed by atoms with Crippen molar-refractivity contribution in [3.8, 4) is 0 Å². The summed E-state index contributed by atoms with van der Waals surface area (Å²) in [5.41, 5.74) is 18.9. The summed E-state index contributed by atoms with van der Waals surface area (Å²) in [5.74, 6) is 0. The van der Waals surface area contributed by atoms with E-state index in [1.807, 2.05) is 18.2 Å². The number of rotatable bonds is 9. The maximum atomic E-state index is 9.45. The van der Waals surface area contributed by atoms with Crippen LogP contribution in [0.2, 0.25) is 0 Å². The SMILES string of the molecule is C1CCCCC1.CCCCCNc1cccc(N)c1CN.CN.O=CCCCO. The van der Waals surface area contributed by atoms with Crippen LogP contribution in [0.1, 0.15) is 83.1 Å². The number of aliphatic hydroxyl groups excluding tert-OH is 1. The van der Waals surface area contributed by atoms with Crippen molar-refractivity contribution in [1.29, 1.82) is 0 Å². The maximum absolute atomic E-state index is 9.45. The van der Waals surface area contributed by atoms with Crippen LogP contribution >= 0.6 is 0 Å². The van der Waals surface area contributed by atoms with Crippen molar-refractivity contribution in [2.75, 3.05) is 31.2 Å². The van der Waals surface area contributed by atoms with Gasteiger partial charge in [-0.3, -0.25) is 0 Å². The van der Waals surface area contributed by atoms with Crippen LogP contribution < -0.4 is 22.5 Å². The van der Waals surface area contributed by atoms with Crippen LogP contribution in [0, 0.1) is 0 Å². The van der Waals surface area contributed by atoms with E-state index in [1.165, 1.54) is 64.8 Å². The van der Waals surface area contributed by atoms with E-state index >= 15 is 0 Å². The molecule has 1 fully saturated rings. The Morgan fingerprint density at radius 3 is 2.03 bits per heavy atom. The van der Waals surface area contributed by atoms with Crippen molar-refractivity contribution in [2.24, 2.45) is 11.5 Å². The summed E-state index contributed by atoms with van der Waals surface area (Å²) in [6.07, 6.45) is 14.6.